The number of benzene rings is 1. The zero-order chi connectivity index (χ0) is 15.4. The molecule has 1 aliphatic rings. The van der Waals surface area contributed by atoms with Gasteiger partial charge in [-0.3, -0.25) is 15.0 Å². The molecule has 0 spiro atoms. The summed E-state index contributed by atoms with van der Waals surface area (Å²) < 4.78 is 0. The summed E-state index contributed by atoms with van der Waals surface area (Å²) in [7, 11) is 2.01. The number of carbonyl (C=O) groups is 2. The molecule has 3 N–H and O–H groups in total. The summed E-state index contributed by atoms with van der Waals surface area (Å²) in [5, 5.41) is 13.6. The average molecular weight is 292 g/mol. The lowest BCUT2D eigenvalue weighted by Gasteiger charge is -2.32. The van der Waals surface area contributed by atoms with Gasteiger partial charge >= 0.3 is 11.8 Å². The molecule has 1 heterocycles. The molecular formula is C14H20N4O3. The molecular weight excluding hydrogens is 272 g/mol. The van der Waals surface area contributed by atoms with Crippen LogP contribution < -0.4 is 10.7 Å². The molecule has 1 aliphatic heterocycles. The van der Waals surface area contributed by atoms with Crippen molar-refractivity contribution in [2.75, 3.05) is 38.5 Å². The molecule has 7 nitrogen and oxygen atoms in total. The zero-order valence-corrected chi connectivity index (χ0v) is 12.2. The van der Waals surface area contributed by atoms with Crippen LogP contribution in [0.3, 0.4) is 0 Å². The average Bonchev–Trinajstić information content (AvgIpc) is 2.44. The third-order valence-electron chi connectivity index (χ3n) is 3.43. The monoisotopic (exact) mass is 292 g/mol. The standard InChI is InChI=1S/C14H20N4O3/c1-10-9-11(19)3-4-12(10)15-13(20)14(21)16-18-7-5-17(2)6-8-18/h3-4,9,19H,5-8H2,1-2H3,(H,15,20)(H,16,21). The second-order valence-corrected chi connectivity index (χ2v) is 5.18. The third kappa shape index (κ3) is 4.17. The van der Waals surface area contributed by atoms with Gasteiger partial charge in [0.25, 0.3) is 0 Å². The first-order chi connectivity index (χ1) is 9.95. The van der Waals surface area contributed by atoms with E-state index >= 15 is 0 Å². The van der Waals surface area contributed by atoms with E-state index in [0.29, 0.717) is 24.3 Å². The zero-order valence-electron chi connectivity index (χ0n) is 12.2. The summed E-state index contributed by atoms with van der Waals surface area (Å²) in [5.41, 5.74) is 3.79. The molecule has 0 saturated carbocycles. The minimum Gasteiger partial charge on any atom is -0.508 e. The van der Waals surface area contributed by atoms with Crippen LogP contribution in [-0.2, 0) is 9.59 Å². The molecule has 0 unspecified atom stereocenters. The van der Waals surface area contributed by atoms with Gasteiger partial charge in [-0.05, 0) is 37.7 Å². The van der Waals surface area contributed by atoms with Crippen LogP contribution in [0.5, 0.6) is 5.75 Å². The number of carbonyl (C=O) groups excluding carboxylic acids is 2. The second kappa shape index (κ2) is 6.55. The summed E-state index contributed by atoms with van der Waals surface area (Å²) in [5.74, 6) is -1.29. The first-order valence-electron chi connectivity index (χ1n) is 6.81. The van der Waals surface area contributed by atoms with Crippen molar-refractivity contribution in [2.45, 2.75) is 6.92 Å². The Morgan fingerprint density at radius 2 is 1.81 bits per heavy atom. The highest BCUT2D eigenvalue weighted by Crippen LogP contribution is 2.19. The largest absolute Gasteiger partial charge is 0.508 e. The molecule has 7 heteroatoms. The fourth-order valence-electron chi connectivity index (χ4n) is 2.08. The van der Waals surface area contributed by atoms with Crippen molar-refractivity contribution in [1.29, 1.82) is 0 Å². The number of piperazine rings is 1. The molecule has 0 radical (unpaired) electrons. The topological polar surface area (TPSA) is 84.9 Å². The predicted octanol–water partition coefficient (Wildman–Crippen LogP) is -0.0823. The third-order valence-corrected chi connectivity index (χ3v) is 3.43. The lowest BCUT2D eigenvalue weighted by Crippen LogP contribution is -2.54. The highest BCUT2D eigenvalue weighted by Gasteiger charge is 2.20. The van der Waals surface area contributed by atoms with E-state index in [1.165, 1.54) is 12.1 Å². The molecule has 0 aromatic heterocycles. The molecule has 1 saturated heterocycles. The summed E-state index contributed by atoms with van der Waals surface area (Å²) >= 11 is 0. The van der Waals surface area contributed by atoms with E-state index in [2.05, 4.69) is 15.6 Å². The van der Waals surface area contributed by atoms with Gasteiger partial charge in [0.2, 0.25) is 0 Å². The molecule has 1 aromatic rings. The maximum atomic E-state index is 11.9. The summed E-state index contributed by atoms with van der Waals surface area (Å²) in [4.78, 5) is 25.9. The Morgan fingerprint density at radius 1 is 1.14 bits per heavy atom. The number of aryl methyl sites for hydroxylation is 1. The van der Waals surface area contributed by atoms with Crippen LogP contribution in [0.15, 0.2) is 18.2 Å². The van der Waals surface area contributed by atoms with Crippen molar-refractivity contribution in [3.05, 3.63) is 23.8 Å². The van der Waals surface area contributed by atoms with Crippen molar-refractivity contribution in [2.24, 2.45) is 0 Å². The van der Waals surface area contributed by atoms with Gasteiger partial charge in [-0.2, -0.15) is 0 Å². The molecule has 0 aliphatic carbocycles. The van der Waals surface area contributed by atoms with Crippen molar-refractivity contribution in [1.82, 2.24) is 15.3 Å². The molecule has 2 rings (SSSR count). The van der Waals surface area contributed by atoms with Crippen LogP contribution in [0.25, 0.3) is 0 Å². The van der Waals surface area contributed by atoms with Crippen molar-refractivity contribution in [3.63, 3.8) is 0 Å². The van der Waals surface area contributed by atoms with E-state index in [1.807, 2.05) is 7.05 Å². The van der Waals surface area contributed by atoms with E-state index in [1.54, 1.807) is 18.0 Å². The maximum absolute atomic E-state index is 11.9. The van der Waals surface area contributed by atoms with Gasteiger partial charge in [-0.15, -0.1) is 0 Å². The summed E-state index contributed by atoms with van der Waals surface area (Å²) in [6, 6.07) is 4.54. The molecule has 1 fully saturated rings. The number of rotatable bonds is 2. The van der Waals surface area contributed by atoms with E-state index in [-0.39, 0.29) is 5.75 Å². The second-order valence-electron chi connectivity index (χ2n) is 5.18. The number of hydrogen-bond donors (Lipinski definition) is 3. The lowest BCUT2D eigenvalue weighted by molar-refractivity contribution is -0.139. The smallest absolute Gasteiger partial charge is 0.323 e. The Morgan fingerprint density at radius 3 is 2.43 bits per heavy atom. The Bertz CT molecular complexity index is 539. The molecule has 0 atom stereocenters. The predicted molar refractivity (Wildman–Crippen MR) is 78.7 cm³/mol. The number of anilines is 1. The van der Waals surface area contributed by atoms with Gasteiger partial charge in [0.05, 0.1) is 0 Å². The highest BCUT2D eigenvalue weighted by molar-refractivity contribution is 6.39. The van der Waals surface area contributed by atoms with Crippen LogP contribution in [0, 0.1) is 6.92 Å². The van der Waals surface area contributed by atoms with E-state index < -0.39 is 11.8 Å². The fourth-order valence-corrected chi connectivity index (χ4v) is 2.08. The minimum absolute atomic E-state index is 0.118. The van der Waals surface area contributed by atoms with E-state index in [0.717, 1.165) is 13.1 Å². The fraction of sp³-hybridized carbons (Fsp3) is 0.429. The number of phenolic OH excluding ortho intramolecular Hbond substituents is 1. The van der Waals surface area contributed by atoms with Crippen molar-refractivity contribution in [3.8, 4) is 5.75 Å². The Hall–Kier alpha value is -2.12. The van der Waals surface area contributed by atoms with Crippen LogP contribution in [-0.4, -0.2) is 60.1 Å². The Balaban J connectivity index is 1.89. The molecule has 21 heavy (non-hydrogen) atoms. The van der Waals surface area contributed by atoms with E-state index in [9.17, 15) is 14.7 Å². The van der Waals surface area contributed by atoms with Crippen molar-refractivity contribution < 1.29 is 14.7 Å². The highest BCUT2D eigenvalue weighted by atomic mass is 16.3. The first-order valence-corrected chi connectivity index (χ1v) is 6.81. The summed E-state index contributed by atoms with van der Waals surface area (Å²) in [6.07, 6.45) is 0. The van der Waals surface area contributed by atoms with Crippen LogP contribution >= 0.6 is 0 Å². The van der Waals surface area contributed by atoms with Gasteiger partial charge in [0.1, 0.15) is 5.75 Å². The lowest BCUT2D eigenvalue weighted by atomic mass is 10.2. The molecule has 114 valence electrons. The molecule has 2 amide bonds. The quantitative estimate of drug-likeness (QED) is 0.524. The normalized spacial score (nSPS) is 16.5. The SMILES string of the molecule is Cc1cc(O)ccc1NC(=O)C(=O)NN1CCN(C)CC1. The van der Waals surface area contributed by atoms with E-state index in [4.69, 9.17) is 0 Å². The Labute approximate surface area is 123 Å². The van der Waals surface area contributed by atoms with Crippen LogP contribution in [0.1, 0.15) is 5.56 Å². The summed E-state index contributed by atoms with van der Waals surface area (Å²) in [6.45, 7) is 4.81. The molecule has 1 aromatic carbocycles. The van der Waals surface area contributed by atoms with Crippen LogP contribution in [0.4, 0.5) is 5.69 Å². The minimum atomic E-state index is -0.720. The molecule has 0 bridgehead atoms. The van der Waals surface area contributed by atoms with Gasteiger partial charge in [-0.1, -0.05) is 0 Å². The van der Waals surface area contributed by atoms with Gasteiger partial charge in [0, 0.05) is 31.9 Å². The Kier molecular flexibility index (Phi) is 4.77. The number of hydrazine groups is 1. The van der Waals surface area contributed by atoms with Crippen molar-refractivity contribution >= 4 is 17.5 Å². The van der Waals surface area contributed by atoms with Gasteiger partial charge in [-0.25, -0.2) is 5.01 Å². The number of aromatic hydroxyl groups is 1. The number of amides is 2. The number of nitrogens with zero attached hydrogens (tertiary/aromatic N) is 2. The number of phenols is 1. The van der Waals surface area contributed by atoms with Gasteiger partial charge < -0.3 is 15.3 Å². The number of hydrogen-bond acceptors (Lipinski definition) is 5. The number of nitrogens with one attached hydrogen (secondary N) is 2. The first kappa shape index (κ1) is 15.3. The number of likely N-dealkylation sites (N-methyl/N-ethyl adjacent to an activating group) is 1. The van der Waals surface area contributed by atoms with Gasteiger partial charge in [0.15, 0.2) is 0 Å². The van der Waals surface area contributed by atoms with Crippen LogP contribution in [0.2, 0.25) is 0 Å². The maximum Gasteiger partial charge on any atom is 0.323 e.